The quantitative estimate of drug-likeness (QED) is 0.847. The maximum Gasteiger partial charge on any atom is 0.243 e. The Kier molecular flexibility index (Phi) is 4.98. The minimum atomic E-state index is -3.53. The molecule has 1 aromatic rings. The van der Waals surface area contributed by atoms with Gasteiger partial charge in [-0.05, 0) is 31.0 Å². The minimum Gasteiger partial charge on any atom is -0.389 e. The van der Waals surface area contributed by atoms with Crippen LogP contribution in [-0.4, -0.2) is 43.5 Å². The molecule has 21 heavy (non-hydrogen) atoms. The summed E-state index contributed by atoms with van der Waals surface area (Å²) in [5.74, 6) is 0. The number of nitrogens with zero attached hydrogens (tertiary/aromatic N) is 1. The van der Waals surface area contributed by atoms with Gasteiger partial charge in [0, 0.05) is 18.2 Å². The van der Waals surface area contributed by atoms with Crippen molar-refractivity contribution < 1.29 is 13.2 Å². The normalized spacial score (nSPS) is 20.4. The number of rotatable bonds is 4. The summed E-state index contributed by atoms with van der Waals surface area (Å²) >= 11 is 4.92. The van der Waals surface area contributed by atoms with Gasteiger partial charge in [0.1, 0.15) is 4.99 Å². The number of aryl methyl sites for hydroxylation is 1. The van der Waals surface area contributed by atoms with Crippen molar-refractivity contribution in [2.24, 2.45) is 5.73 Å². The van der Waals surface area contributed by atoms with E-state index < -0.39 is 10.0 Å². The molecule has 1 aliphatic heterocycles. The van der Waals surface area contributed by atoms with Crippen LogP contribution in [0.5, 0.6) is 0 Å². The van der Waals surface area contributed by atoms with E-state index in [-0.39, 0.29) is 11.0 Å². The zero-order valence-electron chi connectivity index (χ0n) is 12.2. The molecule has 2 N–H and O–H groups in total. The first-order valence-electron chi connectivity index (χ1n) is 6.88. The maximum absolute atomic E-state index is 12.9. The smallest absolute Gasteiger partial charge is 0.243 e. The Labute approximate surface area is 131 Å². The maximum atomic E-state index is 12.9. The lowest BCUT2D eigenvalue weighted by Gasteiger charge is -2.34. The first kappa shape index (κ1) is 16.4. The van der Waals surface area contributed by atoms with E-state index >= 15 is 0 Å². The molecule has 0 spiro atoms. The van der Waals surface area contributed by atoms with Gasteiger partial charge < -0.3 is 10.5 Å². The standard InChI is InChI=1S/C14H20N2O3S2/c1-3-12-9-19-7-6-16(12)21(17,18)13-5-4-11(14(15)20)8-10(13)2/h4-5,8,12H,3,6-7,9H2,1-2H3,(H2,15,20). The van der Waals surface area contributed by atoms with Gasteiger partial charge in [-0.1, -0.05) is 25.2 Å². The molecular formula is C14H20N2O3S2. The second-order valence-corrected chi connectivity index (χ2v) is 7.40. The molecule has 1 atom stereocenters. The summed E-state index contributed by atoms with van der Waals surface area (Å²) in [6, 6.07) is 4.85. The zero-order valence-corrected chi connectivity index (χ0v) is 13.8. The van der Waals surface area contributed by atoms with Crippen LogP contribution >= 0.6 is 12.2 Å². The van der Waals surface area contributed by atoms with Crippen molar-refractivity contribution in [1.82, 2.24) is 4.31 Å². The topological polar surface area (TPSA) is 72.6 Å². The molecule has 116 valence electrons. The molecule has 1 unspecified atom stereocenters. The summed E-state index contributed by atoms with van der Waals surface area (Å²) < 4.78 is 32.6. The Hall–Kier alpha value is -1.02. The van der Waals surface area contributed by atoms with E-state index in [0.717, 1.165) is 6.42 Å². The first-order chi connectivity index (χ1) is 9.87. The number of nitrogens with two attached hydrogens (primary N) is 1. The van der Waals surface area contributed by atoms with Crippen LogP contribution in [0.15, 0.2) is 23.1 Å². The zero-order chi connectivity index (χ0) is 15.6. The second-order valence-electron chi connectivity index (χ2n) is 5.10. The lowest BCUT2D eigenvalue weighted by atomic mass is 10.1. The van der Waals surface area contributed by atoms with E-state index in [4.69, 9.17) is 22.7 Å². The SMILES string of the molecule is CCC1COCCN1S(=O)(=O)c1ccc(C(N)=S)cc1C. The molecule has 1 aliphatic rings. The van der Waals surface area contributed by atoms with Crippen molar-refractivity contribution in [3.63, 3.8) is 0 Å². The van der Waals surface area contributed by atoms with Crippen molar-refractivity contribution in [2.75, 3.05) is 19.8 Å². The number of ether oxygens (including phenoxy) is 1. The highest BCUT2D eigenvalue weighted by Gasteiger charge is 2.33. The Morgan fingerprint density at radius 1 is 1.52 bits per heavy atom. The highest BCUT2D eigenvalue weighted by atomic mass is 32.2. The van der Waals surface area contributed by atoms with Gasteiger partial charge in [-0.2, -0.15) is 4.31 Å². The van der Waals surface area contributed by atoms with Crippen LogP contribution in [0.3, 0.4) is 0 Å². The molecule has 7 heteroatoms. The average molecular weight is 328 g/mol. The van der Waals surface area contributed by atoms with Gasteiger partial charge in [0.25, 0.3) is 0 Å². The number of thiocarbonyl (C=S) groups is 1. The number of sulfonamides is 1. The summed E-state index contributed by atoms with van der Waals surface area (Å²) in [6.07, 6.45) is 0.725. The minimum absolute atomic E-state index is 0.113. The number of hydrogen-bond donors (Lipinski definition) is 1. The molecule has 1 heterocycles. The van der Waals surface area contributed by atoms with Crippen molar-refractivity contribution >= 4 is 27.2 Å². The molecule has 0 aliphatic carbocycles. The molecule has 0 aromatic heterocycles. The predicted octanol–water partition coefficient (Wildman–Crippen LogP) is 1.43. The van der Waals surface area contributed by atoms with E-state index in [2.05, 4.69) is 0 Å². The van der Waals surface area contributed by atoms with E-state index in [0.29, 0.717) is 35.8 Å². The number of benzene rings is 1. The van der Waals surface area contributed by atoms with E-state index in [1.807, 2.05) is 6.92 Å². The Morgan fingerprint density at radius 3 is 2.81 bits per heavy atom. The van der Waals surface area contributed by atoms with Gasteiger partial charge >= 0.3 is 0 Å². The molecule has 0 bridgehead atoms. The summed E-state index contributed by atoms with van der Waals surface area (Å²) in [5.41, 5.74) is 6.91. The van der Waals surface area contributed by atoms with Crippen LogP contribution in [0, 0.1) is 6.92 Å². The highest BCUT2D eigenvalue weighted by Crippen LogP contribution is 2.25. The molecule has 2 rings (SSSR count). The van der Waals surface area contributed by atoms with Gasteiger partial charge in [0.15, 0.2) is 0 Å². The largest absolute Gasteiger partial charge is 0.389 e. The molecule has 0 saturated carbocycles. The predicted molar refractivity (Wildman–Crippen MR) is 85.9 cm³/mol. The molecule has 1 aromatic carbocycles. The number of morpholine rings is 1. The summed E-state index contributed by atoms with van der Waals surface area (Å²) in [4.78, 5) is 0.572. The van der Waals surface area contributed by atoms with E-state index in [1.54, 1.807) is 29.4 Å². The summed E-state index contributed by atoms with van der Waals surface area (Å²) in [5, 5.41) is 0. The molecule has 1 fully saturated rings. The van der Waals surface area contributed by atoms with Gasteiger partial charge in [-0.25, -0.2) is 8.42 Å². The molecule has 5 nitrogen and oxygen atoms in total. The Bertz CT molecular complexity index is 644. The Balaban J connectivity index is 2.41. The number of hydrogen-bond acceptors (Lipinski definition) is 4. The van der Waals surface area contributed by atoms with Gasteiger partial charge in [-0.3, -0.25) is 0 Å². The van der Waals surface area contributed by atoms with Crippen LogP contribution in [0.4, 0.5) is 0 Å². The monoisotopic (exact) mass is 328 g/mol. The van der Waals surface area contributed by atoms with Crippen LogP contribution in [0.2, 0.25) is 0 Å². The fourth-order valence-corrected chi connectivity index (χ4v) is 4.50. The molecule has 1 saturated heterocycles. The molecule has 0 radical (unpaired) electrons. The molecule has 0 amide bonds. The highest BCUT2D eigenvalue weighted by molar-refractivity contribution is 7.89. The first-order valence-corrected chi connectivity index (χ1v) is 8.72. The van der Waals surface area contributed by atoms with Gasteiger partial charge in [-0.15, -0.1) is 0 Å². The van der Waals surface area contributed by atoms with Gasteiger partial charge in [0.05, 0.1) is 18.1 Å². The summed E-state index contributed by atoms with van der Waals surface area (Å²) in [7, 11) is -3.53. The third kappa shape index (κ3) is 3.26. The van der Waals surface area contributed by atoms with Crippen LogP contribution in [0.1, 0.15) is 24.5 Å². The van der Waals surface area contributed by atoms with Crippen LogP contribution < -0.4 is 5.73 Å². The lowest BCUT2D eigenvalue weighted by molar-refractivity contribution is 0.0314. The van der Waals surface area contributed by atoms with Crippen molar-refractivity contribution in [3.05, 3.63) is 29.3 Å². The fraction of sp³-hybridized carbons (Fsp3) is 0.500. The average Bonchev–Trinajstić information content (AvgIpc) is 2.46. The second kappa shape index (κ2) is 6.39. The lowest BCUT2D eigenvalue weighted by Crippen LogP contribution is -2.48. The van der Waals surface area contributed by atoms with Crippen LogP contribution in [0.25, 0.3) is 0 Å². The van der Waals surface area contributed by atoms with Crippen LogP contribution in [-0.2, 0) is 14.8 Å². The van der Waals surface area contributed by atoms with E-state index in [1.165, 1.54) is 0 Å². The van der Waals surface area contributed by atoms with Crippen molar-refractivity contribution in [3.8, 4) is 0 Å². The Morgan fingerprint density at radius 2 is 2.24 bits per heavy atom. The third-order valence-electron chi connectivity index (χ3n) is 3.69. The van der Waals surface area contributed by atoms with Gasteiger partial charge in [0.2, 0.25) is 10.0 Å². The fourth-order valence-electron chi connectivity index (χ4n) is 2.50. The summed E-state index contributed by atoms with van der Waals surface area (Å²) in [6.45, 7) is 4.98. The van der Waals surface area contributed by atoms with E-state index in [9.17, 15) is 8.42 Å². The van der Waals surface area contributed by atoms with Crippen molar-refractivity contribution in [1.29, 1.82) is 0 Å². The third-order valence-corrected chi connectivity index (χ3v) is 6.04. The molecular weight excluding hydrogens is 308 g/mol. The van der Waals surface area contributed by atoms with Crippen molar-refractivity contribution in [2.45, 2.75) is 31.2 Å².